The number of carbonyl (C=O) groups excluding carboxylic acids is 1. The lowest BCUT2D eigenvalue weighted by Crippen LogP contribution is -2.08. The van der Waals surface area contributed by atoms with Gasteiger partial charge in [0, 0.05) is 22.1 Å². The molecule has 0 fully saturated rings. The van der Waals surface area contributed by atoms with Crippen LogP contribution in [0.2, 0.25) is 0 Å². The molecule has 1 N–H and O–H groups in total. The van der Waals surface area contributed by atoms with Crippen molar-refractivity contribution in [3.63, 3.8) is 0 Å². The molecule has 1 rings (SSSR count). The summed E-state index contributed by atoms with van der Waals surface area (Å²) in [5.41, 5.74) is 1.35. The van der Waals surface area contributed by atoms with Crippen molar-refractivity contribution in [2.24, 2.45) is 0 Å². The van der Waals surface area contributed by atoms with Gasteiger partial charge in [0.25, 0.3) is 0 Å². The molecule has 110 valence electrons. The van der Waals surface area contributed by atoms with Crippen molar-refractivity contribution >= 4 is 25.9 Å². The molecule has 0 heterocycles. The number of rotatable bonds is 7. The second-order valence-electron chi connectivity index (χ2n) is 3.94. The van der Waals surface area contributed by atoms with E-state index in [1.807, 2.05) is 30.3 Å². The molecule has 0 unspecified atom stereocenters. The number of methoxy groups -OCH3 is 1. The molecule has 0 bridgehead atoms. The summed E-state index contributed by atoms with van der Waals surface area (Å²) in [4.78, 5) is 11.5. The zero-order chi connectivity index (χ0) is 15.0. The van der Waals surface area contributed by atoms with E-state index in [9.17, 15) is 13.2 Å². The Morgan fingerprint density at radius 3 is 2.55 bits per heavy atom. The van der Waals surface area contributed by atoms with E-state index in [2.05, 4.69) is 4.74 Å². The van der Waals surface area contributed by atoms with Crippen LogP contribution in [0.4, 0.5) is 0 Å². The van der Waals surface area contributed by atoms with E-state index in [4.69, 9.17) is 4.55 Å². The highest BCUT2D eigenvalue weighted by Gasteiger charge is 2.14. The third-order valence-electron chi connectivity index (χ3n) is 2.48. The molecule has 1 aromatic rings. The van der Waals surface area contributed by atoms with Crippen LogP contribution in [-0.2, 0) is 25.1 Å². The van der Waals surface area contributed by atoms with Crippen molar-refractivity contribution in [3.05, 3.63) is 47.5 Å². The van der Waals surface area contributed by atoms with E-state index < -0.39 is 15.1 Å². The van der Waals surface area contributed by atoms with Crippen molar-refractivity contribution in [2.45, 2.75) is 12.8 Å². The van der Waals surface area contributed by atoms with Crippen LogP contribution in [-0.4, -0.2) is 31.8 Å². The summed E-state index contributed by atoms with van der Waals surface area (Å²) in [5.74, 6) is -0.727. The molecule has 0 saturated carbocycles. The minimum absolute atomic E-state index is 0.139. The van der Waals surface area contributed by atoms with Crippen LogP contribution < -0.4 is 0 Å². The largest absolute Gasteiger partial charge is 0.466 e. The van der Waals surface area contributed by atoms with Crippen molar-refractivity contribution in [3.8, 4) is 0 Å². The molecule has 0 spiro atoms. The van der Waals surface area contributed by atoms with E-state index >= 15 is 0 Å². The average molecular weight is 316 g/mol. The summed E-state index contributed by atoms with van der Waals surface area (Å²) in [7, 11) is -2.65. The molecule has 0 aliphatic rings. The zero-order valence-electron chi connectivity index (χ0n) is 11.0. The van der Waals surface area contributed by atoms with E-state index in [1.54, 1.807) is 6.08 Å². The van der Waals surface area contributed by atoms with Gasteiger partial charge in [-0.1, -0.05) is 36.4 Å². The van der Waals surface area contributed by atoms with Crippen LogP contribution in [0.15, 0.2) is 42.0 Å². The highest BCUT2D eigenvalue weighted by molar-refractivity contribution is 8.70. The standard InChI is InChI=1S/C13H16O5S2/c1-18-13(14)12(10-19-20(15,16)17)9-5-8-11-6-3-2-4-7-11/h2-4,6-7,9H,5,8,10H2,1H3,(H,15,16,17)/b12-9+. The van der Waals surface area contributed by atoms with Crippen molar-refractivity contribution < 1.29 is 22.5 Å². The minimum Gasteiger partial charge on any atom is -0.466 e. The number of hydrogen-bond donors (Lipinski definition) is 1. The number of esters is 1. The van der Waals surface area contributed by atoms with Gasteiger partial charge >= 0.3 is 15.1 Å². The Balaban J connectivity index is 2.63. The summed E-state index contributed by atoms with van der Waals surface area (Å²) >= 11 is 0. The minimum atomic E-state index is -4.17. The van der Waals surface area contributed by atoms with Crippen LogP contribution >= 0.6 is 10.8 Å². The third kappa shape index (κ3) is 6.74. The smallest absolute Gasteiger partial charge is 0.334 e. The molecule has 5 nitrogen and oxygen atoms in total. The first-order valence-electron chi connectivity index (χ1n) is 5.85. The summed E-state index contributed by atoms with van der Waals surface area (Å²) in [5, 5.41) is 0. The summed E-state index contributed by atoms with van der Waals surface area (Å²) in [6.07, 6.45) is 2.95. The molecule has 0 aliphatic carbocycles. The van der Waals surface area contributed by atoms with E-state index in [0.29, 0.717) is 17.2 Å². The van der Waals surface area contributed by atoms with Gasteiger partial charge in [0.15, 0.2) is 0 Å². The first-order valence-corrected chi connectivity index (χ1v) is 8.79. The summed E-state index contributed by atoms with van der Waals surface area (Å²) in [6.45, 7) is 0. The van der Waals surface area contributed by atoms with E-state index in [-0.39, 0.29) is 11.3 Å². The molecule has 7 heteroatoms. The lowest BCUT2D eigenvalue weighted by atomic mass is 10.1. The zero-order valence-corrected chi connectivity index (χ0v) is 12.6. The van der Waals surface area contributed by atoms with Gasteiger partial charge < -0.3 is 4.74 Å². The van der Waals surface area contributed by atoms with Crippen LogP contribution in [0.5, 0.6) is 0 Å². The fourth-order valence-electron chi connectivity index (χ4n) is 1.53. The van der Waals surface area contributed by atoms with Gasteiger partial charge in [0.05, 0.1) is 7.11 Å². The topological polar surface area (TPSA) is 80.7 Å². The fraction of sp³-hybridized carbons (Fsp3) is 0.308. The number of hydrogen-bond acceptors (Lipinski definition) is 5. The number of allylic oxidation sites excluding steroid dienone is 1. The maximum absolute atomic E-state index is 11.5. The summed E-state index contributed by atoms with van der Waals surface area (Å²) in [6, 6.07) is 9.71. The number of ether oxygens (including phenoxy) is 1. The van der Waals surface area contributed by atoms with Gasteiger partial charge in [0.2, 0.25) is 0 Å². The van der Waals surface area contributed by atoms with Gasteiger partial charge in [-0.3, -0.25) is 4.55 Å². The SMILES string of the molecule is COC(=O)/C(=C/CCc1ccccc1)CSS(=O)(=O)O. The molecule has 0 radical (unpaired) electrons. The second-order valence-corrected chi connectivity index (χ2v) is 7.29. The number of aryl methyl sites for hydroxylation is 1. The Kier molecular flexibility index (Phi) is 6.77. The highest BCUT2D eigenvalue weighted by atomic mass is 33.1. The Morgan fingerprint density at radius 2 is 2.00 bits per heavy atom. The van der Waals surface area contributed by atoms with E-state index in [1.165, 1.54) is 7.11 Å². The first-order chi connectivity index (χ1) is 9.42. The van der Waals surface area contributed by atoms with Gasteiger partial charge in [-0.15, -0.1) is 0 Å². The quantitative estimate of drug-likeness (QED) is 0.360. The van der Waals surface area contributed by atoms with Gasteiger partial charge in [-0.05, 0) is 18.4 Å². The molecule has 0 saturated heterocycles. The molecule has 0 amide bonds. The van der Waals surface area contributed by atoms with Crippen molar-refractivity contribution in [1.29, 1.82) is 0 Å². The molecular weight excluding hydrogens is 300 g/mol. The molecule has 0 atom stereocenters. The van der Waals surface area contributed by atoms with Gasteiger partial charge in [-0.25, -0.2) is 4.79 Å². The van der Waals surface area contributed by atoms with Crippen molar-refractivity contribution in [1.82, 2.24) is 0 Å². The lowest BCUT2D eigenvalue weighted by Gasteiger charge is -2.04. The third-order valence-corrected chi connectivity index (χ3v) is 4.45. The Labute approximate surface area is 122 Å². The van der Waals surface area contributed by atoms with Crippen LogP contribution in [0.3, 0.4) is 0 Å². The first kappa shape index (κ1) is 16.7. The maximum atomic E-state index is 11.5. The second kappa shape index (κ2) is 8.08. The lowest BCUT2D eigenvalue weighted by molar-refractivity contribution is -0.136. The number of carbonyl (C=O) groups is 1. The Bertz CT molecular complexity index is 564. The average Bonchev–Trinajstić information content (AvgIpc) is 2.42. The maximum Gasteiger partial charge on any atom is 0.334 e. The molecule has 20 heavy (non-hydrogen) atoms. The predicted molar refractivity (Wildman–Crippen MR) is 78.9 cm³/mol. The van der Waals surface area contributed by atoms with Gasteiger partial charge in [0.1, 0.15) is 0 Å². The normalized spacial score (nSPS) is 12.2. The monoisotopic (exact) mass is 316 g/mol. The Hall–Kier alpha value is -1.31. The van der Waals surface area contributed by atoms with Crippen LogP contribution in [0, 0.1) is 0 Å². The van der Waals surface area contributed by atoms with E-state index in [0.717, 1.165) is 12.0 Å². The molecule has 1 aromatic carbocycles. The highest BCUT2D eigenvalue weighted by Crippen LogP contribution is 2.16. The number of benzene rings is 1. The molecular formula is C13H16O5S2. The fourth-order valence-corrected chi connectivity index (χ4v) is 2.87. The van der Waals surface area contributed by atoms with Gasteiger partial charge in [-0.2, -0.15) is 8.42 Å². The van der Waals surface area contributed by atoms with Crippen LogP contribution in [0.1, 0.15) is 12.0 Å². The molecule has 0 aliphatic heterocycles. The summed E-state index contributed by atoms with van der Waals surface area (Å²) < 4.78 is 34.6. The molecule has 0 aromatic heterocycles. The van der Waals surface area contributed by atoms with Crippen molar-refractivity contribution in [2.75, 3.05) is 12.9 Å². The predicted octanol–water partition coefficient (Wildman–Crippen LogP) is 2.25. The van der Waals surface area contributed by atoms with Crippen LogP contribution in [0.25, 0.3) is 0 Å². The Morgan fingerprint density at radius 1 is 1.35 bits per heavy atom.